The van der Waals surface area contributed by atoms with E-state index in [-0.39, 0.29) is 4.06 Å². The summed E-state index contributed by atoms with van der Waals surface area (Å²) >= 11 is 6.32. The number of hydrogen-bond donors (Lipinski definition) is 0. The second-order valence-electron chi connectivity index (χ2n) is 2.54. The minimum atomic E-state index is 0.211. The number of thioether (sulfide) groups is 2. The Morgan fingerprint density at radius 1 is 1.46 bits per heavy atom. The zero-order chi connectivity index (χ0) is 9.26. The summed E-state index contributed by atoms with van der Waals surface area (Å²) < 4.78 is 7.70. The van der Waals surface area contributed by atoms with Gasteiger partial charge in [0.05, 0.1) is 15.0 Å². The van der Waals surface area contributed by atoms with Crippen LogP contribution in [-0.2, 0) is 4.74 Å². The second-order valence-corrected chi connectivity index (χ2v) is 7.62. The first-order chi connectivity index (χ1) is 6.29. The van der Waals surface area contributed by atoms with Gasteiger partial charge in [-0.15, -0.1) is 23.5 Å². The second kappa shape index (κ2) is 4.35. The van der Waals surface area contributed by atoms with Crippen LogP contribution in [0.4, 0.5) is 0 Å². The SMILES string of the molecule is COCC1CSc2sc(=O)sc2S1. The van der Waals surface area contributed by atoms with Crippen molar-refractivity contribution in [3.05, 3.63) is 8.85 Å². The van der Waals surface area contributed by atoms with Crippen LogP contribution in [0.15, 0.2) is 13.2 Å². The Bertz CT molecular complexity index is 343. The van der Waals surface area contributed by atoms with Crippen molar-refractivity contribution in [2.45, 2.75) is 13.7 Å². The van der Waals surface area contributed by atoms with E-state index in [0.29, 0.717) is 5.25 Å². The summed E-state index contributed by atoms with van der Waals surface area (Å²) in [5.74, 6) is 1.05. The van der Waals surface area contributed by atoms with Gasteiger partial charge in [-0.2, -0.15) is 0 Å². The van der Waals surface area contributed by atoms with Crippen molar-refractivity contribution in [3.63, 3.8) is 0 Å². The lowest BCUT2D eigenvalue weighted by Crippen LogP contribution is -2.15. The molecular formula is C7H8O2S4. The van der Waals surface area contributed by atoms with E-state index in [1.165, 1.54) is 31.1 Å². The van der Waals surface area contributed by atoms with Crippen molar-refractivity contribution < 1.29 is 4.74 Å². The smallest absolute Gasteiger partial charge is 0.289 e. The molecule has 0 radical (unpaired) electrons. The first-order valence-electron chi connectivity index (χ1n) is 3.72. The van der Waals surface area contributed by atoms with Gasteiger partial charge in [-0.05, 0) is 0 Å². The maximum atomic E-state index is 11.1. The fourth-order valence-electron chi connectivity index (χ4n) is 1.04. The van der Waals surface area contributed by atoms with Crippen LogP contribution in [0.25, 0.3) is 0 Å². The summed E-state index contributed by atoms with van der Waals surface area (Å²) in [4.78, 5) is 11.1. The van der Waals surface area contributed by atoms with E-state index in [2.05, 4.69) is 0 Å². The van der Waals surface area contributed by atoms with Crippen LogP contribution in [0.2, 0.25) is 0 Å². The van der Waals surface area contributed by atoms with Crippen LogP contribution in [0.1, 0.15) is 0 Å². The van der Waals surface area contributed by atoms with E-state index in [9.17, 15) is 4.79 Å². The van der Waals surface area contributed by atoms with E-state index in [1.807, 2.05) is 0 Å². The molecule has 1 aromatic rings. The highest BCUT2D eigenvalue weighted by Gasteiger charge is 2.22. The monoisotopic (exact) mass is 252 g/mol. The molecule has 72 valence electrons. The third-order valence-corrected chi connectivity index (χ3v) is 7.12. The fraction of sp³-hybridized carbons (Fsp3) is 0.571. The van der Waals surface area contributed by atoms with Gasteiger partial charge in [-0.3, -0.25) is 4.79 Å². The molecule has 0 amide bonds. The summed E-state index contributed by atoms with van der Waals surface area (Å²) in [6, 6.07) is 0. The quantitative estimate of drug-likeness (QED) is 0.807. The van der Waals surface area contributed by atoms with Gasteiger partial charge in [0.15, 0.2) is 0 Å². The fourth-order valence-corrected chi connectivity index (χ4v) is 6.76. The molecule has 1 aliphatic rings. The van der Waals surface area contributed by atoms with Crippen molar-refractivity contribution in [2.75, 3.05) is 19.5 Å². The molecular weight excluding hydrogens is 244 g/mol. The average molecular weight is 252 g/mol. The third kappa shape index (κ3) is 2.30. The van der Waals surface area contributed by atoms with Crippen LogP contribution in [-0.4, -0.2) is 24.7 Å². The summed E-state index contributed by atoms with van der Waals surface area (Å²) in [5.41, 5.74) is 0. The number of methoxy groups -OCH3 is 1. The van der Waals surface area contributed by atoms with E-state index in [1.54, 1.807) is 30.6 Å². The van der Waals surface area contributed by atoms with Crippen LogP contribution >= 0.6 is 46.2 Å². The molecule has 0 aliphatic carbocycles. The highest BCUT2D eigenvalue weighted by atomic mass is 32.2. The lowest BCUT2D eigenvalue weighted by atomic mass is 10.5. The number of fused-ring (bicyclic) bond motifs is 1. The zero-order valence-corrected chi connectivity index (χ0v) is 10.2. The molecule has 1 aromatic heterocycles. The van der Waals surface area contributed by atoms with Gasteiger partial charge in [0.2, 0.25) is 0 Å². The van der Waals surface area contributed by atoms with Crippen molar-refractivity contribution in [3.8, 4) is 0 Å². The lowest BCUT2D eigenvalue weighted by Gasteiger charge is -2.18. The molecule has 13 heavy (non-hydrogen) atoms. The molecule has 1 atom stereocenters. The maximum Gasteiger partial charge on any atom is 0.289 e. The van der Waals surface area contributed by atoms with Crippen LogP contribution in [0.3, 0.4) is 0 Å². The summed E-state index contributed by atoms with van der Waals surface area (Å²) in [5, 5.41) is 0.507. The van der Waals surface area contributed by atoms with Crippen molar-refractivity contribution in [1.29, 1.82) is 0 Å². The molecule has 0 aromatic carbocycles. The highest BCUT2D eigenvalue weighted by Crippen LogP contribution is 2.44. The normalized spacial score (nSPS) is 21.5. The zero-order valence-electron chi connectivity index (χ0n) is 6.94. The molecule has 6 heteroatoms. The van der Waals surface area contributed by atoms with Crippen LogP contribution < -0.4 is 4.06 Å². The van der Waals surface area contributed by atoms with E-state index in [4.69, 9.17) is 4.74 Å². The molecule has 2 rings (SSSR count). The van der Waals surface area contributed by atoms with Crippen LogP contribution in [0.5, 0.6) is 0 Å². The van der Waals surface area contributed by atoms with Crippen LogP contribution in [0, 0.1) is 0 Å². The molecule has 0 spiro atoms. The summed E-state index contributed by atoms with van der Waals surface area (Å²) in [7, 11) is 1.72. The van der Waals surface area contributed by atoms with Crippen molar-refractivity contribution in [2.24, 2.45) is 0 Å². The molecule has 2 nitrogen and oxygen atoms in total. The van der Waals surface area contributed by atoms with Gasteiger partial charge in [0, 0.05) is 18.1 Å². The largest absolute Gasteiger partial charge is 0.383 e. The highest BCUT2D eigenvalue weighted by molar-refractivity contribution is 8.08. The Morgan fingerprint density at radius 3 is 3.00 bits per heavy atom. The number of rotatable bonds is 2. The van der Waals surface area contributed by atoms with Gasteiger partial charge in [-0.1, -0.05) is 22.7 Å². The van der Waals surface area contributed by atoms with Gasteiger partial charge in [0.25, 0.3) is 4.06 Å². The predicted octanol–water partition coefficient (Wildman–Crippen LogP) is 2.38. The molecule has 0 bridgehead atoms. The molecule has 0 saturated heterocycles. The molecule has 0 N–H and O–H groups in total. The Hall–Kier alpha value is 0.510. The minimum absolute atomic E-state index is 0.211. The average Bonchev–Trinajstić information content (AvgIpc) is 2.44. The Labute approximate surface area is 92.7 Å². The number of hydrogen-bond acceptors (Lipinski definition) is 6. The topological polar surface area (TPSA) is 26.3 Å². The van der Waals surface area contributed by atoms with Crippen molar-refractivity contribution >= 4 is 46.2 Å². The Balaban J connectivity index is 2.14. The van der Waals surface area contributed by atoms with Gasteiger partial charge in [0.1, 0.15) is 0 Å². The third-order valence-electron chi connectivity index (χ3n) is 1.55. The molecule has 0 fully saturated rings. The lowest BCUT2D eigenvalue weighted by molar-refractivity contribution is 0.203. The Kier molecular flexibility index (Phi) is 3.36. The van der Waals surface area contributed by atoms with Gasteiger partial charge < -0.3 is 4.74 Å². The summed E-state index contributed by atoms with van der Waals surface area (Å²) in [6.07, 6.45) is 0. The Morgan fingerprint density at radius 2 is 2.23 bits per heavy atom. The number of ether oxygens (including phenoxy) is 1. The van der Waals surface area contributed by atoms with E-state index in [0.717, 1.165) is 12.4 Å². The minimum Gasteiger partial charge on any atom is -0.383 e. The standard InChI is InChI=1S/C7H8O2S4/c1-9-2-4-3-10-5-6(11-4)13-7(8)12-5/h4H,2-3H2,1H3. The van der Waals surface area contributed by atoms with Gasteiger partial charge >= 0.3 is 0 Å². The first-order valence-corrected chi connectivity index (χ1v) is 7.21. The maximum absolute atomic E-state index is 11.1. The molecule has 1 unspecified atom stereocenters. The van der Waals surface area contributed by atoms with E-state index < -0.39 is 0 Å². The first kappa shape index (κ1) is 10.0. The van der Waals surface area contributed by atoms with Gasteiger partial charge in [-0.25, -0.2) is 0 Å². The van der Waals surface area contributed by atoms with E-state index >= 15 is 0 Å². The molecule has 1 aliphatic heterocycles. The molecule has 2 heterocycles. The molecule has 0 saturated carbocycles. The van der Waals surface area contributed by atoms with Crippen molar-refractivity contribution in [1.82, 2.24) is 0 Å². The summed E-state index contributed by atoms with van der Waals surface area (Å²) in [6.45, 7) is 0.772. The predicted molar refractivity (Wildman–Crippen MR) is 60.7 cm³/mol.